The summed E-state index contributed by atoms with van der Waals surface area (Å²) in [5.74, 6) is 1.08. The molecule has 3 aromatic carbocycles. The van der Waals surface area contributed by atoms with Gasteiger partial charge in [-0.25, -0.2) is 4.99 Å². The number of aliphatic imine (C=N–C) groups is 1. The highest BCUT2D eigenvalue weighted by atomic mass is 79.9. The lowest BCUT2D eigenvalue weighted by atomic mass is 10.1. The molecule has 7 heteroatoms. The van der Waals surface area contributed by atoms with Crippen molar-refractivity contribution in [3.8, 4) is 11.5 Å². The van der Waals surface area contributed by atoms with Crippen molar-refractivity contribution in [2.75, 3.05) is 20.8 Å². The van der Waals surface area contributed by atoms with Crippen LogP contribution in [0.25, 0.3) is 0 Å². The van der Waals surface area contributed by atoms with Crippen molar-refractivity contribution in [1.82, 2.24) is 5.32 Å². The van der Waals surface area contributed by atoms with Crippen molar-refractivity contribution >= 4 is 44.8 Å². The number of hydrogen-bond donors (Lipinski definition) is 1. The van der Waals surface area contributed by atoms with E-state index in [1.54, 1.807) is 38.5 Å². The number of rotatable bonds is 8. The van der Waals surface area contributed by atoms with Gasteiger partial charge in [-0.3, -0.25) is 4.79 Å². The maximum atomic E-state index is 13.0. The molecule has 0 unspecified atom stereocenters. The van der Waals surface area contributed by atoms with Crippen LogP contribution in [0.1, 0.15) is 11.1 Å². The SMILES string of the molecule is COc1ccc(CCNC(=O)/C(=N\c2ccc(Cl)cc2)c2ccc(Br)cc2)cc1OC. The van der Waals surface area contributed by atoms with E-state index in [1.165, 1.54) is 0 Å². The molecule has 0 saturated heterocycles. The van der Waals surface area contributed by atoms with E-state index in [2.05, 4.69) is 26.2 Å². The predicted molar refractivity (Wildman–Crippen MR) is 128 cm³/mol. The third-order valence-electron chi connectivity index (χ3n) is 4.55. The quantitative estimate of drug-likeness (QED) is 0.409. The first-order chi connectivity index (χ1) is 15.0. The van der Waals surface area contributed by atoms with Crippen LogP contribution in [0.5, 0.6) is 11.5 Å². The zero-order valence-corrected chi connectivity index (χ0v) is 19.5. The molecule has 0 fully saturated rings. The fourth-order valence-corrected chi connectivity index (χ4v) is 3.33. The van der Waals surface area contributed by atoms with Crippen molar-refractivity contribution < 1.29 is 14.3 Å². The Morgan fingerprint density at radius 1 is 0.968 bits per heavy atom. The van der Waals surface area contributed by atoms with Gasteiger partial charge in [-0.15, -0.1) is 0 Å². The molecule has 0 aliphatic carbocycles. The molecule has 0 aliphatic rings. The van der Waals surface area contributed by atoms with Crippen molar-refractivity contribution in [2.45, 2.75) is 6.42 Å². The lowest BCUT2D eigenvalue weighted by molar-refractivity contribution is -0.114. The number of ether oxygens (including phenoxy) is 2. The molecule has 0 bridgehead atoms. The van der Waals surface area contributed by atoms with E-state index in [-0.39, 0.29) is 5.91 Å². The van der Waals surface area contributed by atoms with E-state index >= 15 is 0 Å². The molecule has 3 rings (SSSR count). The van der Waals surface area contributed by atoms with E-state index in [9.17, 15) is 4.79 Å². The minimum atomic E-state index is -0.252. The smallest absolute Gasteiger partial charge is 0.270 e. The Balaban J connectivity index is 1.75. The lowest BCUT2D eigenvalue weighted by Crippen LogP contribution is -2.33. The topological polar surface area (TPSA) is 59.9 Å². The molecular formula is C24H22BrClN2O3. The molecule has 3 aromatic rings. The Hall–Kier alpha value is -2.83. The zero-order chi connectivity index (χ0) is 22.2. The molecule has 1 amide bonds. The van der Waals surface area contributed by atoms with Gasteiger partial charge in [0.1, 0.15) is 5.71 Å². The van der Waals surface area contributed by atoms with Gasteiger partial charge in [-0.05, 0) is 60.5 Å². The highest BCUT2D eigenvalue weighted by molar-refractivity contribution is 9.10. The molecule has 0 radical (unpaired) electrons. The van der Waals surface area contributed by atoms with Crippen molar-refractivity contribution in [3.63, 3.8) is 0 Å². The van der Waals surface area contributed by atoms with Crippen LogP contribution < -0.4 is 14.8 Å². The average molecular weight is 502 g/mol. The summed E-state index contributed by atoms with van der Waals surface area (Å²) in [5, 5.41) is 3.58. The van der Waals surface area contributed by atoms with E-state index in [4.69, 9.17) is 21.1 Å². The van der Waals surface area contributed by atoms with Gasteiger partial charge in [-0.2, -0.15) is 0 Å². The summed E-state index contributed by atoms with van der Waals surface area (Å²) in [6.45, 7) is 0.449. The molecule has 0 aliphatic heterocycles. The van der Waals surface area contributed by atoms with Crippen LogP contribution in [0.2, 0.25) is 5.02 Å². The van der Waals surface area contributed by atoms with Gasteiger partial charge in [0.15, 0.2) is 11.5 Å². The average Bonchev–Trinajstić information content (AvgIpc) is 2.79. The summed E-state index contributed by atoms with van der Waals surface area (Å²) in [5.41, 5.74) is 2.74. The number of halogens is 2. The Morgan fingerprint density at radius 2 is 1.65 bits per heavy atom. The Morgan fingerprint density at radius 3 is 2.29 bits per heavy atom. The Bertz CT molecular complexity index is 1070. The molecule has 160 valence electrons. The summed E-state index contributed by atoms with van der Waals surface area (Å²) in [4.78, 5) is 17.6. The molecule has 1 N–H and O–H groups in total. The van der Waals surface area contributed by atoms with Gasteiger partial charge < -0.3 is 14.8 Å². The second kappa shape index (κ2) is 11.0. The minimum absolute atomic E-state index is 0.252. The van der Waals surface area contributed by atoms with Crippen LogP contribution in [0.4, 0.5) is 5.69 Å². The molecule has 0 atom stereocenters. The summed E-state index contributed by atoms with van der Waals surface area (Å²) in [6.07, 6.45) is 0.640. The number of carbonyl (C=O) groups is 1. The van der Waals surface area contributed by atoms with E-state index < -0.39 is 0 Å². The highest BCUT2D eigenvalue weighted by Gasteiger charge is 2.14. The number of hydrogen-bond acceptors (Lipinski definition) is 4. The number of nitrogens with one attached hydrogen (secondary N) is 1. The molecule has 0 saturated carbocycles. The summed E-state index contributed by atoms with van der Waals surface area (Å²) < 4.78 is 11.5. The number of nitrogens with zero attached hydrogens (tertiary/aromatic N) is 1. The van der Waals surface area contributed by atoms with Gasteiger partial charge in [0.05, 0.1) is 19.9 Å². The van der Waals surface area contributed by atoms with Crippen molar-refractivity contribution in [3.05, 3.63) is 87.4 Å². The normalized spacial score (nSPS) is 11.2. The van der Waals surface area contributed by atoms with Gasteiger partial charge >= 0.3 is 0 Å². The summed E-state index contributed by atoms with van der Waals surface area (Å²) in [7, 11) is 3.20. The maximum absolute atomic E-state index is 13.0. The monoisotopic (exact) mass is 500 g/mol. The molecule has 0 heterocycles. The third kappa shape index (κ3) is 6.32. The Labute approximate surface area is 195 Å². The first-order valence-electron chi connectivity index (χ1n) is 9.59. The van der Waals surface area contributed by atoms with Crippen LogP contribution in [-0.4, -0.2) is 32.4 Å². The second-order valence-corrected chi connectivity index (χ2v) is 7.99. The maximum Gasteiger partial charge on any atom is 0.270 e. The van der Waals surface area contributed by atoms with Crippen LogP contribution in [0.3, 0.4) is 0 Å². The van der Waals surface area contributed by atoms with Gasteiger partial charge in [-0.1, -0.05) is 45.7 Å². The fraction of sp³-hybridized carbons (Fsp3) is 0.167. The number of benzene rings is 3. The number of methoxy groups -OCH3 is 2. The van der Waals surface area contributed by atoms with Crippen LogP contribution in [-0.2, 0) is 11.2 Å². The largest absolute Gasteiger partial charge is 0.493 e. The first-order valence-corrected chi connectivity index (χ1v) is 10.8. The molecule has 0 spiro atoms. The zero-order valence-electron chi connectivity index (χ0n) is 17.2. The summed E-state index contributed by atoms with van der Waals surface area (Å²) in [6, 6.07) is 20.2. The second-order valence-electron chi connectivity index (χ2n) is 6.64. The third-order valence-corrected chi connectivity index (χ3v) is 5.33. The molecule has 0 aromatic heterocycles. The van der Waals surface area contributed by atoms with E-state index in [0.717, 1.165) is 15.6 Å². The highest BCUT2D eigenvalue weighted by Crippen LogP contribution is 2.27. The van der Waals surface area contributed by atoms with Crippen LogP contribution in [0, 0.1) is 0 Å². The van der Waals surface area contributed by atoms with Crippen molar-refractivity contribution in [2.24, 2.45) is 4.99 Å². The predicted octanol–water partition coefficient (Wildman–Crippen LogP) is 5.60. The van der Waals surface area contributed by atoms with Gasteiger partial charge in [0, 0.05) is 21.6 Å². The minimum Gasteiger partial charge on any atom is -0.493 e. The fourth-order valence-electron chi connectivity index (χ4n) is 2.94. The molecule has 5 nitrogen and oxygen atoms in total. The standard InChI is InChI=1S/C24H22BrClN2O3/c1-30-21-12-3-16(15-22(21)31-2)13-14-27-24(29)23(17-4-6-18(25)7-5-17)28-20-10-8-19(26)9-11-20/h3-12,15H,13-14H2,1-2H3,(H,27,29)/b28-23-. The first kappa shape index (κ1) is 22.8. The van der Waals surface area contributed by atoms with E-state index in [0.29, 0.717) is 40.9 Å². The lowest BCUT2D eigenvalue weighted by Gasteiger charge is -2.11. The van der Waals surface area contributed by atoms with Gasteiger partial charge in [0.25, 0.3) is 5.91 Å². The van der Waals surface area contributed by atoms with Gasteiger partial charge in [0.2, 0.25) is 0 Å². The van der Waals surface area contributed by atoms with Crippen molar-refractivity contribution in [1.29, 1.82) is 0 Å². The van der Waals surface area contributed by atoms with E-state index in [1.807, 2.05) is 42.5 Å². The summed E-state index contributed by atoms with van der Waals surface area (Å²) >= 11 is 9.38. The number of amides is 1. The molecular weight excluding hydrogens is 480 g/mol. The van der Waals surface area contributed by atoms with Crippen LogP contribution in [0.15, 0.2) is 76.2 Å². The molecule has 31 heavy (non-hydrogen) atoms. The van der Waals surface area contributed by atoms with Crippen LogP contribution >= 0.6 is 27.5 Å². The Kier molecular flexibility index (Phi) is 8.09. The number of carbonyl (C=O) groups excluding carboxylic acids is 1.